The summed E-state index contributed by atoms with van der Waals surface area (Å²) in [6, 6.07) is 0. The lowest BCUT2D eigenvalue weighted by Gasteiger charge is -1.98. The topological polar surface area (TPSA) is 73.1 Å². The summed E-state index contributed by atoms with van der Waals surface area (Å²) < 4.78 is 4.83. The van der Waals surface area contributed by atoms with Crippen molar-refractivity contribution in [2.24, 2.45) is 0 Å². The van der Waals surface area contributed by atoms with Gasteiger partial charge in [0.1, 0.15) is 0 Å². The molecule has 1 rings (SSSR count). The van der Waals surface area contributed by atoms with E-state index in [1.165, 1.54) is 11.3 Å². The van der Waals surface area contributed by atoms with Crippen LogP contribution in [0.25, 0.3) is 0 Å². The zero-order valence-electron chi connectivity index (χ0n) is 6.20. The lowest BCUT2D eigenvalue weighted by atomic mass is 10.7. The number of nitrogen functional groups attached to an aromatic ring is 1. The van der Waals surface area contributed by atoms with Crippen molar-refractivity contribution < 1.29 is 4.74 Å². The van der Waals surface area contributed by atoms with Gasteiger partial charge in [0, 0.05) is 13.7 Å². The molecule has 0 aliphatic rings. The number of anilines is 2. The number of hydrogen-bond donors (Lipinski definition) is 2. The summed E-state index contributed by atoms with van der Waals surface area (Å²) in [4.78, 5) is 0. The molecule has 0 fully saturated rings. The Balaban J connectivity index is 2.27. The fourth-order valence-corrected chi connectivity index (χ4v) is 1.10. The quantitative estimate of drug-likeness (QED) is 0.637. The maximum Gasteiger partial charge on any atom is 0.207 e. The Morgan fingerprint density at radius 2 is 2.45 bits per heavy atom. The van der Waals surface area contributed by atoms with Crippen LogP contribution in [-0.4, -0.2) is 30.5 Å². The van der Waals surface area contributed by atoms with Crippen molar-refractivity contribution in [1.82, 2.24) is 10.2 Å². The molecule has 5 nitrogen and oxygen atoms in total. The van der Waals surface area contributed by atoms with Crippen LogP contribution < -0.4 is 11.1 Å². The van der Waals surface area contributed by atoms with Gasteiger partial charge in [0.15, 0.2) is 0 Å². The van der Waals surface area contributed by atoms with E-state index in [-0.39, 0.29) is 0 Å². The average Bonchev–Trinajstić information content (AvgIpc) is 2.37. The largest absolute Gasteiger partial charge is 0.383 e. The van der Waals surface area contributed by atoms with E-state index in [9.17, 15) is 0 Å². The molecule has 0 saturated carbocycles. The van der Waals surface area contributed by atoms with Crippen LogP contribution in [-0.2, 0) is 4.74 Å². The molecule has 6 heteroatoms. The SMILES string of the molecule is COCCNc1nnc(N)s1. The smallest absolute Gasteiger partial charge is 0.207 e. The highest BCUT2D eigenvalue weighted by Gasteiger charge is 1.97. The molecule has 0 aromatic carbocycles. The summed E-state index contributed by atoms with van der Waals surface area (Å²) in [5.74, 6) is 0. The Kier molecular flexibility index (Phi) is 3.06. The molecule has 1 heterocycles. The van der Waals surface area contributed by atoms with E-state index in [4.69, 9.17) is 10.5 Å². The molecular weight excluding hydrogens is 164 g/mol. The van der Waals surface area contributed by atoms with Gasteiger partial charge in [0.2, 0.25) is 10.3 Å². The minimum absolute atomic E-state index is 0.477. The summed E-state index contributed by atoms with van der Waals surface area (Å²) in [5, 5.41) is 11.6. The number of methoxy groups -OCH3 is 1. The first-order chi connectivity index (χ1) is 5.33. The van der Waals surface area contributed by atoms with Crippen molar-refractivity contribution in [3.05, 3.63) is 0 Å². The van der Waals surface area contributed by atoms with E-state index < -0.39 is 0 Å². The number of rotatable bonds is 4. The molecular formula is C5H10N4OS. The lowest BCUT2D eigenvalue weighted by molar-refractivity contribution is 0.211. The van der Waals surface area contributed by atoms with Gasteiger partial charge in [0.05, 0.1) is 6.61 Å². The highest BCUT2D eigenvalue weighted by molar-refractivity contribution is 7.18. The van der Waals surface area contributed by atoms with E-state index in [2.05, 4.69) is 15.5 Å². The predicted molar refractivity (Wildman–Crippen MR) is 44.7 cm³/mol. The molecule has 62 valence electrons. The standard InChI is InChI=1S/C5H10N4OS/c1-10-3-2-7-5-9-8-4(6)11-5/h2-3H2,1H3,(H2,6,8)(H,7,9). The maximum atomic E-state index is 5.36. The second kappa shape index (κ2) is 4.09. The first kappa shape index (κ1) is 8.22. The first-order valence-electron chi connectivity index (χ1n) is 3.14. The summed E-state index contributed by atoms with van der Waals surface area (Å²) >= 11 is 1.33. The minimum Gasteiger partial charge on any atom is -0.383 e. The molecule has 0 radical (unpaired) electrons. The van der Waals surface area contributed by atoms with Crippen LogP contribution in [0, 0.1) is 0 Å². The van der Waals surface area contributed by atoms with Crippen molar-refractivity contribution in [3.8, 4) is 0 Å². The summed E-state index contributed by atoms with van der Waals surface area (Å²) in [6.07, 6.45) is 0. The van der Waals surface area contributed by atoms with E-state index in [1.54, 1.807) is 7.11 Å². The fourth-order valence-electron chi connectivity index (χ4n) is 0.566. The van der Waals surface area contributed by atoms with E-state index in [1.807, 2.05) is 0 Å². The summed E-state index contributed by atoms with van der Waals surface area (Å²) in [5.41, 5.74) is 5.36. The molecule has 3 N–H and O–H groups in total. The Bertz CT molecular complexity index is 214. The molecule has 0 unspecified atom stereocenters. The van der Waals surface area contributed by atoms with Gasteiger partial charge in [-0.1, -0.05) is 11.3 Å². The van der Waals surface area contributed by atoms with Crippen LogP contribution in [0.4, 0.5) is 10.3 Å². The number of ether oxygens (including phenoxy) is 1. The third-order valence-corrected chi connectivity index (χ3v) is 1.73. The lowest BCUT2D eigenvalue weighted by Crippen LogP contribution is -2.06. The van der Waals surface area contributed by atoms with Gasteiger partial charge in [0.25, 0.3) is 0 Å². The van der Waals surface area contributed by atoms with Crippen LogP contribution in [0.2, 0.25) is 0 Å². The van der Waals surface area contributed by atoms with E-state index >= 15 is 0 Å². The molecule has 0 spiro atoms. The zero-order chi connectivity index (χ0) is 8.10. The summed E-state index contributed by atoms with van der Waals surface area (Å²) in [6.45, 7) is 1.38. The Morgan fingerprint density at radius 3 is 3.00 bits per heavy atom. The molecule has 0 amide bonds. The van der Waals surface area contributed by atoms with Crippen molar-refractivity contribution in [2.45, 2.75) is 0 Å². The maximum absolute atomic E-state index is 5.36. The van der Waals surface area contributed by atoms with E-state index in [0.29, 0.717) is 11.7 Å². The Hall–Kier alpha value is -0.880. The Morgan fingerprint density at radius 1 is 1.64 bits per heavy atom. The van der Waals surface area contributed by atoms with Crippen LogP contribution in [0.1, 0.15) is 0 Å². The van der Waals surface area contributed by atoms with E-state index in [0.717, 1.165) is 11.7 Å². The third kappa shape index (κ3) is 2.69. The number of nitrogens with zero attached hydrogens (tertiary/aromatic N) is 2. The number of aromatic nitrogens is 2. The van der Waals surface area contributed by atoms with Gasteiger partial charge in [-0.2, -0.15) is 0 Å². The average molecular weight is 174 g/mol. The minimum atomic E-state index is 0.477. The molecule has 1 aromatic heterocycles. The number of hydrogen-bond acceptors (Lipinski definition) is 6. The number of nitrogens with one attached hydrogen (secondary N) is 1. The molecule has 0 atom stereocenters. The monoisotopic (exact) mass is 174 g/mol. The van der Waals surface area contributed by atoms with Gasteiger partial charge in [-0.15, -0.1) is 10.2 Å². The van der Waals surface area contributed by atoms with Crippen LogP contribution in [0.15, 0.2) is 0 Å². The van der Waals surface area contributed by atoms with Gasteiger partial charge >= 0.3 is 0 Å². The fraction of sp³-hybridized carbons (Fsp3) is 0.600. The molecule has 0 saturated heterocycles. The van der Waals surface area contributed by atoms with Crippen LogP contribution in [0.3, 0.4) is 0 Å². The van der Waals surface area contributed by atoms with Crippen molar-refractivity contribution in [3.63, 3.8) is 0 Å². The van der Waals surface area contributed by atoms with Gasteiger partial charge < -0.3 is 15.8 Å². The second-order valence-corrected chi connectivity index (χ2v) is 2.87. The zero-order valence-corrected chi connectivity index (χ0v) is 7.02. The Labute approximate surface area is 68.6 Å². The van der Waals surface area contributed by atoms with Crippen LogP contribution in [0.5, 0.6) is 0 Å². The van der Waals surface area contributed by atoms with Gasteiger partial charge in [-0.3, -0.25) is 0 Å². The first-order valence-corrected chi connectivity index (χ1v) is 3.96. The van der Waals surface area contributed by atoms with Crippen molar-refractivity contribution in [1.29, 1.82) is 0 Å². The molecule has 0 aliphatic carbocycles. The molecule has 11 heavy (non-hydrogen) atoms. The second-order valence-electron chi connectivity index (χ2n) is 1.87. The summed E-state index contributed by atoms with van der Waals surface area (Å²) in [7, 11) is 1.65. The predicted octanol–water partition coefficient (Wildman–Crippen LogP) is 0.179. The van der Waals surface area contributed by atoms with Crippen molar-refractivity contribution in [2.75, 3.05) is 31.3 Å². The molecule has 1 aromatic rings. The van der Waals surface area contributed by atoms with Crippen LogP contribution >= 0.6 is 11.3 Å². The highest BCUT2D eigenvalue weighted by Crippen LogP contribution is 2.15. The van der Waals surface area contributed by atoms with Gasteiger partial charge in [-0.25, -0.2) is 0 Å². The highest BCUT2D eigenvalue weighted by atomic mass is 32.1. The van der Waals surface area contributed by atoms with Gasteiger partial charge in [-0.05, 0) is 0 Å². The normalized spacial score (nSPS) is 9.91. The molecule has 0 aliphatic heterocycles. The number of nitrogens with two attached hydrogens (primary N) is 1. The van der Waals surface area contributed by atoms with Crippen molar-refractivity contribution >= 4 is 21.6 Å². The molecule has 0 bridgehead atoms. The third-order valence-electron chi connectivity index (χ3n) is 1.02.